The molecule has 2 aliphatic rings. The zero-order chi connectivity index (χ0) is 16.1. The number of benzene rings is 1. The summed E-state index contributed by atoms with van der Waals surface area (Å²) in [6.45, 7) is 1.70. The van der Waals surface area contributed by atoms with Crippen molar-refractivity contribution in [3.63, 3.8) is 0 Å². The van der Waals surface area contributed by atoms with E-state index in [1.165, 1.54) is 5.56 Å². The lowest BCUT2D eigenvalue weighted by Crippen LogP contribution is -2.39. The first kappa shape index (κ1) is 15.7. The number of nitrogens with zero attached hydrogens (tertiary/aromatic N) is 3. The second-order valence-corrected chi connectivity index (χ2v) is 6.48. The number of piperidine rings is 1. The van der Waals surface area contributed by atoms with E-state index in [0.717, 1.165) is 32.4 Å². The van der Waals surface area contributed by atoms with Gasteiger partial charge in [0, 0.05) is 44.7 Å². The Labute approximate surface area is 138 Å². The van der Waals surface area contributed by atoms with Crippen molar-refractivity contribution >= 4 is 5.91 Å². The van der Waals surface area contributed by atoms with Crippen molar-refractivity contribution in [1.82, 2.24) is 4.90 Å². The summed E-state index contributed by atoms with van der Waals surface area (Å²) in [6.07, 6.45) is 10.2. The number of carbonyl (C=O) groups excluding carboxylic acids is 1. The van der Waals surface area contributed by atoms with Crippen molar-refractivity contribution < 1.29 is 4.79 Å². The highest BCUT2D eigenvalue weighted by Gasteiger charge is 2.39. The molecule has 0 aliphatic carbocycles. The van der Waals surface area contributed by atoms with Crippen LogP contribution in [0.2, 0.25) is 0 Å². The van der Waals surface area contributed by atoms with Crippen molar-refractivity contribution in [3.05, 3.63) is 35.9 Å². The standard InChI is InChI=1S/C19H23N3O/c1-2-3-12-19(20-21-19)13-11-18(23)22-14-7-10-17(15-22)16-8-5-4-6-9-16/h1,4-6,8-9,17H,3,7,10-15H2. The molecule has 4 nitrogen and oxygen atoms in total. The number of hydrogen-bond acceptors (Lipinski definition) is 3. The van der Waals surface area contributed by atoms with Gasteiger partial charge >= 0.3 is 0 Å². The lowest BCUT2D eigenvalue weighted by atomic mass is 9.90. The molecule has 0 bridgehead atoms. The van der Waals surface area contributed by atoms with E-state index in [-0.39, 0.29) is 11.6 Å². The number of carbonyl (C=O) groups is 1. The molecule has 1 aromatic carbocycles. The van der Waals surface area contributed by atoms with Crippen molar-refractivity contribution in [2.75, 3.05) is 13.1 Å². The lowest BCUT2D eigenvalue weighted by molar-refractivity contribution is -0.132. The summed E-state index contributed by atoms with van der Waals surface area (Å²) in [4.78, 5) is 14.5. The highest BCUT2D eigenvalue weighted by Crippen LogP contribution is 2.38. The second kappa shape index (κ2) is 6.95. The van der Waals surface area contributed by atoms with Crippen molar-refractivity contribution in [2.24, 2.45) is 10.2 Å². The Morgan fingerprint density at radius 3 is 2.78 bits per heavy atom. The Balaban J connectivity index is 1.51. The molecule has 0 radical (unpaired) electrons. The maximum Gasteiger partial charge on any atom is 0.222 e. The first-order chi connectivity index (χ1) is 11.2. The van der Waals surface area contributed by atoms with Crippen LogP contribution in [0, 0.1) is 12.3 Å². The Morgan fingerprint density at radius 2 is 2.09 bits per heavy atom. The molecule has 2 heterocycles. The number of hydrogen-bond donors (Lipinski definition) is 0. The van der Waals surface area contributed by atoms with Gasteiger partial charge in [0.2, 0.25) is 5.91 Å². The highest BCUT2D eigenvalue weighted by atomic mass is 16.2. The van der Waals surface area contributed by atoms with Gasteiger partial charge in [0.1, 0.15) is 0 Å². The summed E-state index contributed by atoms with van der Waals surface area (Å²) in [5.74, 6) is 3.31. The van der Waals surface area contributed by atoms with Gasteiger partial charge in [-0.3, -0.25) is 4.79 Å². The smallest absolute Gasteiger partial charge is 0.222 e. The van der Waals surface area contributed by atoms with Gasteiger partial charge in [0.25, 0.3) is 0 Å². The minimum Gasteiger partial charge on any atom is -0.342 e. The predicted octanol–water partition coefficient (Wildman–Crippen LogP) is 3.75. The van der Waals surface area contributed by atoms with Crippen LogP contribution < -0.4 is 0 Å². The van der Waals surface area contributed by atoms with Crippen LogP contribution in [0.25, 0.3) is 0 Å². The van der Waals surface area contributed by atoms with Crippen molar-refractivity contribution in [1.29, 1.82) is 0 Å². The fourth-order valence-electron chi connectivity index (χ4n) is 3.33. The number of amides is 1. The molecule has 120 valence electrons. The number of likely N-dealkylation sites (tertiary alicyclic amines) is 1. The van der Waals surface area contributed by atoms with Gasteiger partial charge in [-0.1, -0.05) is 30.3 Å². The first-order valence-corrected chi connectivity index (χ1v) is 8.43. The Hall–Kier alpha value is -2.15. The minimum atomic E-state index is -0.351. The lowest BCUT2D eigenvalue weighted by Gasteiger charge is -2.33. The van der Waals surface area contributed by atoms with Crippen molar-refractivity contribution in [3.8, 4) is 12.3 Å². The van der Waals surface area contributed by atoms with Gasteiger partial charge in [-0.2, -0.15) is 10.2 Å². The Bertz CT molecular complexity index is 611. The number of rotatable bonds is 6. The predicted molar refractivity (Wildman–Crippen MR) is 89.9 cm³/mol. The fraction of sp³-hybridized carbons (Fsp3) is 0.526. The maximum absolute atomic E-state index is 12.5. The summed E-state index contributed by atoms with van der Waals surface area (Å²) < 4.78 is 0. The number of terminal acetylenes is 1. The quantitative estimate of drug-likeness (QED) is 0.738. The monoisotopic (exact) mass is 309 g/mol. The Kier molecular flexibility index (Phi) is 4.76. The molecule has 1 atom stereocenters. The highest BCUT2D eigenvalue weighted by molar-refractivity contribution is 5.76. The molecule has 3 rings (SSSR count). The first-order valence-electron chi connectivity index (χ1n) is 8.43. The van der Waals surface area contributed by atoms with E-state index in [1.54, 1.807) is 0 Å². The maximum atomic E-state index is 12.5. The van der Waals surface area contributed by atoms with Crippen LogP contribution in [-0.2, 0) is 4.79 Å². The van der Waals surface area contributed by atoms with Crippen LogP contribution in [0.3, 0.4) is 0 Å². The molecule has 2 aliphatic heterocycles. The molecule has 1 unspecified atom stereocenters. The van der Waals surface area contributed by atoms with E-state index in [4.69, 9.17) is 6.42 Å². The van der Waals surface area contributed by atoms with Gasteiger partial charge < -0.3 is 4.90 Å². The van der Waals surface area contributed by atoms with E-state index in [2.05, 4.69) is 40.4 Å². The van der Waals surface area contributed by atoms with E-state index in [0.29, 0.717) is 25.2 Å². The summed E-state index contributed by atoms with van der Waals surface area (Å²) in [6, 6.07) is 10.5. The van der Waals surface area contributed by atoms with Gasteiger partial charge in [0.05, 0.1) is 0 Å². The molecule has 0 saturated carbocycles. The van der Waals surface area contributed by atoms with Crippen LogP contribution >= 0.6 is 0 Å². The second-order valence-electron chi connectivity index (χ2n) is 6.48. The molecule has 1 aromatic rings. The zero-order valence-electron chi connectivity index (χ0n) is 13.4. The minimum absolute atomic E-state index is 0.225. The molecule has 1 fully saturated rings. The third kappa shape index (κ3) is 3.98. The van der Waals surface area contributed by atoms with Crippen LogP contribution in [0.4, 0.5) is 0 Å². The van der Waals surface area contributed by atoms with E-state index >= 15 is 0 Å². The average Bonchev–Trinajstić information content (AvgIpc) is 3.39. The van der Waals surface area contributed by atoms with Crippen LogP contribution in [-0.4, -0.2) is 29.6 Å². The van der Waals surface area contributed by atoms with Gasteiger partial charge in [-0.15, -0.1) is 12.3 Å². The van der Waals surface area contributed by atoms with E-state index in [1.807, 2.05) is 11.0 Å². The topological polar surface area (TPSA) is 45.0 Å². The Morgan fingerprint density at radius 1 is 1.30 bits per heavy atom. The molecular formula is C19H23N3O. The SMILES string of the molecule is C#CCCC1(CCC(=O)N2CCCC(c3ccccc3)C2)N=N1. The van der Waals surface area contributed by atoms with Crippen molar-refractivity contribution in [2.45, 2.75) is 50.1 Å². The van der Waals surface area contributed by atoms with Gasteiger partial charge in [0.15, 0.2) is 5.66 Å². The van der Waals surface area contributed by atoms with E-state index in [9.17, 15) is 4.79 Å². The molecule has 23 heavy (non-hydrogen) atoms. The molecule has 0 aromatic heterocycles. The average molecular weight is 309 g/mol. The molecule has 0 N–H and O–H groups in total. The summed E-state index contributed by atoms with van der Waals surface area (Å²) in [5, 5.41) is 8.22. The molecule has 1 saturated heterocycles. The zero-order valence-corrected chi connectivity index (χ0v) is 13.4. The third-order valence-corrected chi connectivity index (χ3v) is 4.84. The third-order valence-electron chi connectivity index (χ3n) is 4.84. The molecule has 1 amide bonds. The van der Waals surface area contributed by atoms with Crippen LogP contribution in [0.15, 0.2) is 40.6 Å². The summed E-state index contributed by atoms with van der Waals surface area (Å²) >= 11 is 0. The summed E-state index contributed by atoms with van der Waals surface area (Å²) in [7, 11) is 0. The fourth-order valence-corrected chi connectivity index (χ4v) is 3.33. The molecule has 4 heteroatoms. The van der Waals surface area contributed by atoms with Gasteiger partial charge in [-0.25, -0.2) is 0 Å². The van der Waals surface area contributed by atoms with Gasteiger partial charge in [-0.05, 0) is 18.4 Å². The van der Waals surface area contributed by atoms with Crippen LogP contribution in [0.5, 0.6) is 0 Å². The molecular weight excluding hydrogens is 286 g/mol. The normalized spacial score (nSPS) is 21.7. The summed E-state index contributed by atoms with van der Waals surface area (Å²) in [5.41, 5.74) is 0.985. The van der Waals surface area contributed by atoms with E-state index < -0.39 is 0 Å². The largest absolute Gasteiger partial charge is 0.342 e. The van der Waals surface area contributed by atoms with Crippen LogP contribution in [0.1, 0.15) is 50.0 Å². The molecule has 0 spiro atoms.